The largest absolute Gasteiger partial charge is 0.294 e. The Morgan fingerprint density at radius 1 is 1.33 bits per heavy atom. The van der Waals surface area contributed by atoms with Gasteiger partial charge in [0.1, 0.15) is 0 Å². The molecule has 0 saturated carbocycles. The van der Waals surface area contributed by atoms with Crippen LogP contribution in [0.4, 0.5) is 0 Å². The van der Waals surface area contributed by atoms with E-state index in [1.165, 1.54) is 0 Å². The molecule has 1 aromatic rings. The molecule has 0 fully saturated rings. The summed E-state index contributed by atoms with van der Waals surface area (Å²) in [6, 6.07) is 0.697. The molecule has 0 saturated heterocycles. The predicted molar refractivity (Wildman–Crippen MR) is 45.5 cm³/mol. The lowest BCUT2D eigenvalue weighted by Crippen LogP contribution is -2.29. The van der Waals surface area contributed by atoms with E-state index in [1.54, 1.807) is 0 Å². The number of H-pyrrole nitrogens is 1. The molecule has 0 spiro atoms. The quantitative estimate of drug-likeness (QED) is 0.720. The summed E-state index contributed by atoms with van der Waals surface area (Å²) >= 11 is 0. The number of nitrogens with zero attached hydrogens (tertiary/aromatic N) is 4. The second-order valence-electron chi connectivity index (χ2n) is 3.21. The van der Waals surface area contributed by atoms with Crippen LogP contribution in [0.5, 0.6) is 0 Å². The SMILES string of the molecule is CC(C)N(C)C(C)c1nn[nH]n1. The zero-order valence-corrected chi connectivity index (χ0v) is 7.94. The van der Waals surface area contributed by atoms with Crippen LogP contribution in [0.3, 0.4) is 0 Å². The van der Waals surface area contributed by atoms with E-state index in [0.29, 0.717) is 6.04 Å². The fraction of sp³-hybridized carbons (Fsp3) is 0.857. The maximum absolute atomic E-state index is 3.93. The van der Waals surface area contributed by atoms with Crippen molar-refractivity contribution in [1.82, 2.24) is 25.5 Å². The van der Waals surface area contributed by atoms with Gasteiger partial charge in [0, 0.05) is 6.04 Å². The molecule has 68 valence electrons. The molecule has 0 amide bonds. The summed E-state index contributed by atoms with van der Waals surface area (Å²) in [6.07, 6.45) is 0. The van der Waals surface area contributed by atoms with Gasteiger partial charge >= 0.3 is 0 Å². The van der Waals surface area contributed by atoms with Crippen LogP contribution in [-0.4, -0.2) is 38.6 Å². The van der Waals surface area contributed by atoms with E-state index in [4.69, 9.17) is 0 Å². The summed E-state index contributed by atoms with van der Waals surface area (Å²) in [4.78, 5) is 2.19. The third-order valence-corrected chi connectivity index (χ3v) is 2.16. The Morgan fingerprint density at radius 2 is 2.00 bits per heavy atom. The first-order valence-corrected chi connectivity index (χ1v) is 4.08. The highest BCUT2D eigenvalue weighted by Gasteiger charge is 2.17. The fourth-order valence-corrected chi connectivity index (χ4v) is 0.976. The highest BCUT2D eigenvalue weighted by atomic mass is 15.5. The van der Waals surface area contributed by atoms with Gasteiger partial charge in [-0.05, 0) is 27.8 Å². The fourth-order valence-electron chi connectivity index (χ4n) is 0.976. The Morgan fingerprint density at radius 3 is 2.42 bits per heavy atom. The molecular weight excluding hydrogens is 154 g/mol. The van der Waals surface area contributed by atoms with Gasteiger partial charge < -0.3 is 0 Å². The average Bonchev–Trinajstić information content (AvgIpc) is 2.53. The smallest absolute Gasteiger partial charge is 0.191 e. The molecule has 0 aliphatic heterocycles. The van der Waals surface area contributed by atoms with Crippen LogP contribution in [-0.2, 0) is 0 Å². The average molecular weight is 169 g/mol. The Kier molecular flexibility index (Phi) is 2.75. The molecule has 1 heterocycles. The number of nitrogens with one attached hydrogen (secondary N) is 1. The topological polar surface area (TPSA) is 57.7 Å². The predicted octanol–water partition coefficient (Wildman–Crippen LogP) is 0.601. The van der Waals surface area contributed by atoms with Crippen molar-refractivity contribution in [2.75, 3.05) is 7.05 Å². The van der Waals surface area contributed by atoms with E-state index in [9.17, 15) is 0 Å². The zero-order chi connectivity index (χ0) is 9.14. The lowest BCUT2D eigenvalue weighted by molar-refractivity contribution is 0.203. The highest BCUT2D eigenvalue weighted by Crippen LogP contribution is 2.14. The van der Waals surface area contributed by atoms with Gasteiger partial charge in [-0.15, -0.1) is 10.2 Å². The Hall–Kier alpha value is -0.970. The van der Waals surface area contributed by atoms with Crippen molar-refractivity contribution in [3.8, 4) is 0 Å². The first-order chi connectivity index (χ1) is 5.63. The summed E-state index contributed by atoms with van der Waals surface area (Å²) in [7, 11) is 2.05. The molecule has 1 rings (SSSR count). The van der Waals surface area contributed by atoms with Crippen LogP contribution < -0.4 is 0 Å². The third-order valence-electron chi connectivity index (χ3n) is 2.16. The number of rotatable bonds is 3. The molecule has 0 radical (unpaired) electrons. The van der Waals surface area contributed by atoms with E-state index in [0.717, 1.165) is 5.82 Å². The van der Waals surface area contributed by atoms with Crippen LogP contribution in [0.2, 0.25) is 0 Å². The van der Waals surface area contributed by atoms with E-state index in [-0.39, 0.29) is 6.04 Å². The number of tetrazole rings is 1. The van der Waals surface area contributed by atoms with Crippen molar-refractivity contribution in [2.24, 2.45) is 0 Å². The second kappa shape index (κ2) is 3.62. The normalized spacial score (nSPS) is 14.2. The van der Waals surface area contributed by atoms with Gasteiger partial charge in [-0.2, -0.15) is 5.21 Å². The van der Waals surface area contributed by atoms with Crippen molar-refractivity contribution >= 4 is 0 Å². The number of aromatic nitrogens is 4. The minimum Gasteiger partial charge on any atom is -0.294 e. The van der Waals surface area contributed by atoms with Crippen molar-refractivity contribution in [3.05, 3.63) is 5.82 Å². The summed E-state index contributed by atoms with van der Waals surface area (Å²) in [5, 5.41) is 13.8. The first-order valence-electron chi connectivity index (χ1n) is 4.08. The van der Waals surface area contributed by atoms with Crippen molar-refractivity contribution < 1.29 is 0 Å². The minimum atomic E-state index is 0.212. The van der Waals surface area contributed by atoms with E-state index < -0.39 is 0 Å². The van der Waals surface area contributed by atoms with Gasteiger partial charge in [0.2, 0.25) is 0 Å². The van der Waals surface area contributed by atoms with Gasteiger partial charge in [0.15, 0.2) is 5.82 Å². The Labute approximate surface area is 72.2 Å². The molecule has 1 aromatic heterocycles. The molecule has 0 bridgehead atoms. The van der Waals surface area contributed by atoms with Gasteiger partial charge in [0.05, 0.1) is 6.04 Å². The minimum absolute atomic E-state index is 0.212. The molecule has 5 nitrogen and oxygen atoms in total. The van der Waals surface area contributed by atoms with Crippen molar-refractivity contribution in [2.45, 2.75) is 32.9 Å². The standard InChI is InChI=1S/C7H15N5/c1-5(2)12(4)6(3)7-8-10-11-9-7/h5-6H,1-4H3,(H,8,9,10,11). The Balaban J connectivity index is 2.65. The molecule has 0 aromatic carbocycles. The second-order valence-corrected chi connectivity index (χ2v) is 3.21. The number of hydrogen-bond donors (Lipinski definition) is 1. The highest BCUT2D eigenvalue weighted by molar-refractivity contribution is 4.87. The molecule has 1 atom stereocenters. The lowest BCUT2D eigenvalue weighted by Gasteiger charge is -2.25. The van der Waals surface area contributed by atoms with Gasteiger partial charge in [-0.1, -0.05) is 5.21 Å². The number of hydrogen-bond acceptors (Lipinski definition) is 4. The molecule has 5 heteroatoms. The van der Waals surface area contributed by atoms with Gasteiger partial charge in [-0.3, -0.25) is 4.90 Å². The van der Waals surface area contributed by atoms with Gasteiger partial charge in [-0.25, -0.2) is 0 Å². The molecule has 12 heavy (non-hydrogen) atoms. The summed E-state index contributed by atoms with van der Waals surface area (Å²) in [6.45, 7) is 6.33. The first kappa shape index (κ1) is 9.12. The monoisotopic (exact) mass is 169 g/mol. The number of aromatic amines is 1. The summed E-state index contributed by atoms with van der Waals surface area (Å²) in [5.74, 6) is 0.742. The maximum atomic E-state index is 3.93. The third kappa shape index (κ3) is 1.79. The molecule has 1 unspecified atom stereocenters. The van der Waals surface area contributed by atoms with Crippen molar-refractivity contribution in [3.63, 3.8) is 0 Å². The summed E-state index contributed by atoms with van der Waals surface area (Å²) < 4.78 is 0. The zero-order valence-electron chi connectivity index (χ0n) is 7.94. The molecule has 0 aliphatic rings. The Bertz CT molecular complexity index is 218. The van der Waals surface area contributed by atoms with Crippen molar-refractivity contribution in [1.29, 1.82) is 0 Å². The van der Waals surface area contributed by atoms with Crippen LogP contribution >= 0.6 is 0 Å². The van der Waals surface area contributed by atoms with Crippen LogP contribution in [0.25, 0.3) is 0 Å². The van der Waals surface area contributed by atoms with E-state index in [1.807, 2.05) is 7.05 Å². The summed E-state index contributed by atoms with van der Waals surface area (Å²) in [5.41, 5.74) is 0. The van der Waals surface area contributed by atoms with E-state index in [2.05, 4.69) is 46.3 Å². The lowest BCUT2D eigenvalue weighted by atomic mass is 10.2. The molecular formula is C7H15N5. The van der Waals surface area contributed by atoms with Gasteiger partial charge in [0.25, 0.3) is 0 Å². The van der Waals surface area contributed by atoms with E-state index >= 15 is 0 Å². The van der Waals surface area contributed by atoms with Crippen LogP contribution in [0.15, 0.2) is 0 Å². The van der Waals surface area contributed by atoms with Crippen LogP contribution in [0, 0.1) is 0 Å². The molecule has 1 N–H and O–H groups in total. The van der Waals surface area contributed by atoms with Crippen LogP contribution in [0.1, 0.15) is 32.6 Å². The molecule has 0 aliphatic carbocycles. The maximum Gasteiger partial charge on any atom is 0.191 e.